The van der Waals surface area contributed by atoms with Gasteiger partial charge in [-0.05, 0) is 25.8 Å². The highest BCUT2D eigenvalue weighted by atomic mass is 16.5. The number of hydrogen-bond donors (Lipinski definition) is 2. The van der Waals surface area contributed by atoms with Crippen LogP contribution in [0.5, 0.6) is 0 Å². The number of aromatic nitrogens is 1. The second-order valence-corrected chi connectivity index (χ2v) is 5.24. The molecule has 0 bridgehead atoms. The molecular weight excluding hydrogens is 270 g/mol. The summed E-state index contributed by atoms with van der Waals surface area (Å²) in [5.41, 5.74) is 6.55. The first-order chi connectivity index (χ1) is 10.2. The number of nitrogen functional groups attached to an aromatic ring is 1. The second-order valence-electron chi connectivity index (χ2n) is 5.24. The lowest BCUT2D eigenvalue weighted by Gasteiger charge is -2.31. The van der Waals surface area contributed by atoms with Crippen molar-refractivity contribution in [3.63, 3.8) is 0 Å². The minimum atomic E-state index is -0.423. The molecule has 1 aliphatic heterocycles. The molecule has 0 spiro atoms. The van der Waals surface area contributed by atoms with Gasteiger partial charge >= 0.3 is 5.97 Å². The Morgan fingerprint density at radius 1 is 1.52 bits per heavy atom. The fourth-order valence-electron chi connectivity index (χ4n) is 2.71. The Kier molecular flexibility index (Phi) is 5.38. The van der Waals surface area contributed by atoms with Crippen LogP contribution in [0.1, 0.15) is 43.0 Å². The smallest absolute Gasteiger partial charge is 0.341 e. The van der Waals surface area contributed by atoms with Gasteiger partial charge in [-0.2, -0.15) is 0 Å². The summed E-state index contributed by atoms with van der Waals surface area (Å²) in [5.74, 6) is 0.136. The van der Waals surface area contributed by atoms with E-state index in [0.717, 1.165) is 32.2 Å². The maximum absolute atomic E-state index is 12.1. The number of rotatable bonds is 4. The van der Waals surface area contributed by atoms with E-state index in [9.17, 15) is 9.90 Å². The average molecular weight is 293 g/mol. The molecule has 0 radical (unpaired) electrons. The van der Waals surface area contributed by atoms with Crippen LogP contribution < -0.4 is 10.6 Å². The maximum atomic E-state index is 12.1. The topological polar surface area (TPSA) is 88.7 Å². The Bertz CT molecular complexity index is 493. The Morgan fingerprint density at radius 3 is 3.05 bits per heavy atom. The fraction of sp³-hybridized carbons (Fsp3) is 0.600. The Morgan fingerprint density at radius 2 is 2.33 bits per heavy atom. The number of ether oxygens (including phenoxy) is 1. The zero-order chi connectivity index (χ0) is 15.2. The quantitative estimate of drug-likeness (QED) is 0.819. The number of carbonyl (C=O) groups excluding carboxylic acids is 1. The minimum Gasteiger partial charge on any atom is -0.462 e. The molecule has 1 aromatic heterocycles. The molecule has 1 aromatic rings. The Labute approximate surface area is 124 Å². The predicted molar refractivity (Wildman–Crippen MR) is 81.3 cm³/mol. The number of nitrogens with zero attached hydrogens (tertiary/aromatic N) is 2. The summed E-state index contributed by atoms with van der Waals surface area (Å²) in [7, 11) is 0. The Hall–Kier alpha value is -1.82. The van der Waals surface area contributed by atoms with Gasteiger partial charge in [0.1, 0.15) is 11.4 Å². The van der Waals surface area contributed by atoms with Crippen molar-refractivity contribution in [2.24, 2.45) is 0 Å². The number of nitrogens with two attached hydrogens (primary N) is 1. The molecule has 0 saturated carbocycles. The molecule has 1 atom stereocenters. The molecule has 0 aromatic carbocycles. The van der Waals surface area contributed by atoms with Gasteiger partial charge in [0.05, 0.1) is 31.1 Å². The largest absolute Gasteiger partial charge is 0.462 e. The van der Waals surface area contributed by atoms with Crippen LogP contribution in [0.15, 0.2) is 12.3 Å². The van der Waals surface area contributed by atoms with E-state index in [1.165, 1.54) is 6.20 Å². The van der Waals surface area contributed by atoms with Crippen molar-refractivity contribution in [1.29, 1.82) is 0 Å². The lowest BCUT2D eigenvalue weighted by Crippen LogP contribution is -2.39. The summed E-state index contributed by atoms with van der Waals surface area (Å²) < 4.78 is 5.09. The molecule has 0 amide bonds. The number of carbonyl (C=O) groups is 1. The van der Waals surface area contributed by atoms with Gasteiger partial charge in [0.15, 0.2) is 0 Å². The van der Waals surface area contributed by atoms with Crippen LogP contribution in [0.2, 0.25) is 0 Å². The number of aliphatic hydroxyl groups excluding tert-OH is 1. The van der Waals surface area contributed by atoms with Crippen LogP contribution >= 0.6 is 0 Å². The standard InChI is InChI=1S/C15H23N3O3/c1-2-21-15(20)13-8-11(16)9-17-14(13)18-7-5-3-4-6-12(18)10-19/h8-9,12,19H,2-7,10,16H2,1H3. The van der Waals surface area contributed by atoms with E-state index in [1.807, 2.05) is 4.90 Å². The van der Waals surface area contributed by atoms with E-state index in [0.29, 0.717) is 23.7 Å². The third kappa shape index (κ3) is 3.64. The predicted octanol–water partition coefficient (Wildman–Crippen LogP) is 1.58. The normalized spacial score (nSPS) is 19.1. The van der Waals surface area contributed by atoms with E-state index in [-0.39, 0.29) is 12.6 Å². The number of pyridine rings is 1. The van der Waals surface area contributed by atoms with Crippen molar-refractivity contribution in [1.82, 2.24) is 4.98 Å². The van der Waals surface area contributed by atoms with Crippen LogP contribution in [0.4, 0.5) is 11.5 Å². The summed E-state index contributed by atoms with van der Waals surface area (Å²) in [4.78, 5) is 18.5. The van der Waals surface area contributed by atoms with E-state index < -0.39 is 5.97 Å². The maximum Gasteiger partial charge on any atom is 0.341 e. The van der Waals surface area contributed by atoms with Crippen LogP contribution in [-0.4, -0.2) is 41.9 Å². The summed E-state index contributed by atoms with van der Waals surface area (Å²) in [6.45, 7) is 2.89. The molecule has 6 heteroatoms. The van der Waals surface area contributed by atoms with E-state index in [4.69, 9.17) is 10.5 Å². The molecule has 1 unspecified atom stereocenters. The lowest BCUT2D eigenvalue weighted by atomic mass is 10.1. The van der Waals surface area contributed by atoms with Crippen molar-refractivity contribution < 1.29 is 14.6 Å². The molecule has 21 heavy (non-hydrogen) atoms. The molecule has 1 aliphatic rings. The van der Waals surface area contributed by atoms with Crippen LogP contribution in [0.25, 0.3) is 0 Å². The van der Waals surface area contributed by atoms with E-state index in [1.54, 1.807) is 13.0 Å². The van der Waals surface area contributed by atoms with Crippen molar-refractivity contribution in [3.05, 3.63) is 17.8 Å². The van der Waals surface area contributed by atoms with Crippen LogP contribution in [-0.2, 0) is 4.74 Å². The number of anilines is 2. The Balaban J connectivity index is 2.38. The molecule has 3 N–H and O–H groups in total. The van der Waals surface area contributed by atoms with Crippen molar-refractivity contribution in [2.75, 3.05) is 30.4 Å². The summed E-state index contributed by atoms with van der Waals surface area (Å²) in [6.07, 6.45) is 5.65. The fourth-order valence-corrected chi connectivity index (χ4v) is 2.71. The first kappa shape index (κ1) is 15.6. The minimum absolute atomic E-state index is 0.0169. The molecule has 6 nitrogen and oxygen atoms in total. The van der Waals surface area contributed by atoms with Gasteiger partial charge in [-0.3, -0.25) is 0 Å². The van der Waals surface area contributed by atoms with Crippen molar-refractivity contribution in [3.8, 4) is 0 Å². The highest BCUT2D eigenvalue weighted by Gasteiger charge is 2.26. The summed E-state index contributed by atoms with van der Waals surface area (Å²) in [5, 5.41) is 9.62. The zero-order valence-electron chi connectivity index (χ0n) is 12.4. The third-order valence-corrected chi connectivity index (χ3v) is 3.74. The molecule has 116 valence electrons. The SMILES string of the molecule is CCOC(=O)c1cc(N)cnc1N1CCCCCC1CO. The first-order valence-corrected chi connectivity index (χ1v) is 7.47. The number of hydrogen-bond acceptors (Lipinski definition) is 6. The van der Waals surface area contributed by atoms with Crippen LogP contribution in [0.3, 0.4) is 0 Å². The molecule has 2 heterocycles. The first-order valence-electron chi connectivity index (χ1n) is 7.47. The van der Waals surface area contributed by atoms with E-state index >= 15 is 0 Å². The summed E-state index contributed by atoms with van der Waals surface area (Å²) in [6, 6.07) is 1.58. The molecule has 1 saturated heterocycles. The number of aliphatic hydroxyl groups is 1. The van der Waals surface area contributed by atoms with Crippen molar-refractivity contribution in [2.45, 2.75) is 38.6 Å². The highest BCUT2D eigenvalue weighted by molar-refractivity contribution is 5.95. The molecular formula is C15H23N3O3. The second kappa shape index (κ2) is 7.26. The highest BCUT2D eigenvalue weighted by Crippen LogP contribution is 2.27. The molecule has 0 aliphatic carbocycles. The zero-order valence-corrected chi connectivity index (χ0v) is 12.4. The van der Waals surface area contributed by atoms with Gasteiger partial charge in [-0.15, -0.1) is 0 Å². The number of esters is 1. The third-order valence-electron chi connectivity index (χ3n) is 3.74. The van der Waals surface area contributed by atoms with Crippen LogP contribution in [0, 0.1) is 0 Å². The lowest BCUT2D eigenvalue weighted by molar-refractivity contribution is 0.0526. The van der Waals surface area contributed by atoms with Gasteiger partial charge < -0.3 is 20.5 Å². The van der Waals surface area contributed by atoms with Gasteiger partial charge in [-0.25, -0.2) is 9.78 Å². The van der Waals surface area contributed by atoms with Gasteiger partial charge in [-0.1, -0.05) is 12.8 Å². The van der Waals surface area contributed by atoms with Gasteiger partial charge in [0.25, 0.3) is 0 Å². The van der Waals surface area contributed by atoms with Gasteiger partial charge in [0, 0.05) is 6.54 Å². The summed E-state index contributed by atoms with van der Waals surface area (Å²) >= 11 is 0. The molecule has 1 fully saturated rings. The van der Waals surface area contributed by atoms with E-state index in [2.05, 4.69) is 4.98 Å². The monoisotopic (exact) mass is 293 g/mol. The van der Waals surface area contributed by atoms with Crippen molar-refractivity contribution >= 4 is 17.5 Å². The average Bonchev–Trinajstić information content (AvgIpc) is 2.72. The van der Waals surface area contributed by atoms with Gasteiger partial charge in [0.2, 0.25) is 0 Å². The molecule has 2 rings (SSSR count).